The Morgan fingerprint density at radius 1 is 1.02 bits per heavy atom. The summed E-state index contributed by atoms with van der Waals surface area (Å²) >= 11 is 0. The largest absolute Gasteiger partial charge is 0.469 e. The van der Waals surface area contributed by atoms with Crippen molar-refractivity contribution in [1.82, 2.24) is 20.2 Å². The van der Waals surface area contributed by atoms with E-state index < -0.39 is 17.4 Å². The second-order valence-electron chi connectivity index (χ2n) is 11.5. The monoisotopic (exact) mass is 575 g/mol. The maximum Gasteiger partial charge on any atom is 0.309 e. The number of benzene rings is 3. The number of amides is 1. The van der Waals surface area contributed by atoms with Gasteiger partial charge in [-0.3, -0.25) is 9.59 Å². The molecule has 0 bridgehead atoms. The highest BCUT2D eigenvalue weighted by Crippen LogP contribution is 2.31. The number of piperidine rings is 1. The number of aromatic nitrogens is 2. The van der Waals surface area contributed by atoms with Crippen molar-refractivity contribution in [2.24, 2.45) is 11.8 Å². The van der Waals surface area contributed by atoms with Crippen LogP contribution in [-0.4, -0.2) is 53.5 Å². The van der Waals surface area contributed by atoms with Gasteiger partial charge < -0.3 is 19.9 Å². The summed E-state index contributed by atoms with van der Waals surface area (Å²) in [4.78, 5) is 36.5. The van der Waals surface area contributed by atoms with E-state index in [0.717, 1.165) is 11.3 Å². The zero-order valence-corrected chi connectivity index (χ0v) is 24.6. The Morgan fingerprint density at radius 2 is 1.65 bits per heavy atom. The molecule has 1 aliphatic rings. The van der Waals surface area contributed by atoms with Crippen molar-refractivity contribution in [3.8, 4) is 6.07 Å². The van der Waals surface area contributed by atoms with E-state index in [1.165, 1.54) is 18.2 Å². The molecule has 0 radical (unpaired) electrons. The molecule has 43 heavy (non-hydrogen) atoms. The van der Waals surface area contributed by atoms with Gasteiger partial charge in [0.15, 0.2) is 0 Å². The molecular formula is C35H37N5O3. The van der Waals surface area contributed by atoms with Gasteiger partial charge in [-0.25, -0.2) is 4.98 Å². The van der Waals surface area contributed by atoms with Gasteiger partial charge in [-0.2, -0.15) is 5.26 Å². The number of aromatic amines is 1. The quantitative estimate of drug-likeness (QED) is 0.263. The van der Waals surface area contributed by atoms with Gasteiger partial charge in [0.2, 0.25) is 5.91 Å². The fraction of sp³-hybridized carbons (Fsp3) is 0.314. The minimum absolute atomic E-state index is 0.0779. The van der Waals surface area contributed by atoms with Crippen LogP contribution in [0.4, 0.5) is 0 Å². The van der Waals surface area contributed by atoms with Gasteiger partial charge in [-0.1, -0.05) is 72.8 Å². The van der Waals surface area contributed by atoms with Gasteiger partial charge in [0.1, 0.15) is 0 Å². The second kappa shape index (κ2) is 13.5. The number of carbonyl (C=O) groups excluding carboxylic acids is 2. The number of methoxy groups -OCH3 is 1. The molecule has 1 aliphatic heterocycles. The maximum absolute atomic E-state index is 14.1. The average molecular weight is 576 g/mol. The Hall–Kier alpha value is -4.74. The molecule has 5 rings (SSSR count). The molecule has 2 heterocycles. The summed E-state index contributed by atoms with van der Waals surface area (Å²) in [6.07, 6.45) is 4.22. The number of imidazole rings is 1. The Labute approximate surface area is 252 Å². The Kier molecular flexibility index (Phi) is 9.33. The molecule has 2 N–H and O–H groups in total. The SMILES string of the molecule is COC(=O)C1CC(C(=O)NC(C)(Cc2ccc(C#N)cc2)c2cnc[nH]2)CN(CC(c2ccccc2)c2ccccc2)C1. The molecule has 1 aromatic heterocycles. The van der Waals surface area contributed by atoms with Crippen molar-refractivity contribution in [2.75, 3.05) is 26.7 Å². The topological polar surface area (TPSA) is 111 Å². The molecule has 3 unspecified atom stereocenters. The first kappa shape index (κ1) is 29.7. The predicted octanol–water partition coefficient (Wildman–Crippen LogP) is 4.80. The number of esters is 1. The van der Waals surface area contributed by atoms with E-state index in [4.69, 9.17) is 4.74 Å². The first-order valence-corrected chi connectivity index (χ1v) is 14.6. The summed E-state index contributed by atoms with van der Waals surface area (Å²) in [5, 5.41) is 12.5. The third-order valence-electron chi connectivity index (χ3n) is 8.41. The lowest BCUT2D eigenvalue weighted by Crippen LogP contribution is -2.53. The Morgan fingerprint density at radius 3 is 2.21 bits per heavy atom. The fourth-order valence-electron chi connectivity index (χ4n) is 6.14. The van der Waals surface area contributed by atoms with Crippen molar-refractivity contribution in [2.45, 2.75) is 31.2 Å². The van der Waals surface area contributed by atoms with Crippen molar-refractivity contribution in [3.05, 3.63) is 125 Å². The number of carbonyl (C=O) groups is 2. The van der Waals surface area contributed by atoms with Crippen LogP contribution in [0.15, 0.2) is 97.5 Å². The van der Waals surface area contributed by atoms with Crippen LogP contribution >= 0.6 is 0 Å². The van der Waals surface area contributed by atoms with E-state index in [9.17, 15) is 14.9 Å². The molecule has 8 heteroatoms. The van der Waals surface area contributed by atoms with Gasteiger partial charge in [0, 0.05) is 32.0 Å². The second-order valence-corrected chi connectivity index (χ2v) is 11.5. The van der Waals surface area contributed by atoms with Crippen molar-refractivity contribution in [1.29, 1.82) is 5.26 Å². The third-order valence-corrected chi connectivity index (χ3v) is 8.41. The highest BCUT2D eigenvalue weighted by molar-refractivity contribution is 5.81. The zero-order valence-electron chi connectivity index (χ0n) is 24.6. The number of H-pyrrole nitrogens is 1. The number of ether oxygens (including phenoxy) is 1. The average Bonchev–Trinajstić information content (AvgIpc) is 3.61. The number of nitrogens with zero attached hydrogens (tertiary/aromatic N) is 3. The van der Waals surface area contributed by atoms with Crippen LogP contribution in [0.1, 0.15) is 47.2 Å². The minimum Gasteiger partial charge on any atom is -0.469 e. The first-order chi connectivity index (χ1) is 20.9. The Balaban J connectivity index is 1.39. The van der Waals surface area contributed by atoms with E-state index in [-0.39, 0.29) is 17.8 Å². The van der Waals surface area contributed by atoms with Crippen LogP contribution in [0.2, 0.25) is 0 Å². The highest BCUT2D eigenvalue weighted by Gasteiger charge is 2.39. The van der Waals surface area contributed by atoms with Gasteiger partial charge in [-0.05, 0) is 42.2 Å². The van der Waals surface area contributed by atoms with E-state index >= 15 is 0 Å². The van der Waals surface area contributed by atoms with Crippen molar-refractivity contribution in [3.63, 3.8) is 0 Å². The molecule has 0 saturated carbocycles. The number of hydrogen-bond donors (Lipinski definition) is 2. The van der Waals surface area contributed by atoms with Gasteiger partial charge in [-0.15, -0.1) is 0 Å². The van der Waals surface area contributed by atoms with Crippen LogP contribution < -0.4 is 5.32 Å². The number of hydrogen-bond acceptors (Lipinski definition) is 6. The van der Waals surface area contributed by atoms with E-state index in [1.54, 1.807) is 24.7 Å². The van der Waals surface area contributed by atoms with Crippen LogP contribution in [0, 0.1) is 23.2 Å². The van der Waals surface area contributed by atoms with E-state index in [0.29, 0.717) is 38.0 Å². The van der Waals surface area contributed by atoms with Crippen LogP contribution in [0.3, 0.4) is 0 Å². The Bertz CT molecular complexity index is 1490. The van der Waals surface area contributed by atoms with Gasteiger partial charge >= 0.3 is 5.97 Å². The molecule has 4 aromatic rings. The lowest BCUT2D eigenvalue weighted by molar-refractivity contribution is -0.149. The van der Waals surface area contributed by atoms with Crippen LogP contribution in [-0.2, 0) is 26.3 Å². The van der Waals surface area contributed by atoms with Crippen LogP contribution in [0.5, 0.6) is 0 Å². The van der Waals surface area contributed by atoms with Crippen LogP contribution in [0.25, 0.3) is 0 Å². The number of rotatable bonds is 10. The maximum atomic E-state index is 14.1. The van der Waals surface area contributed by atoms with Gasteiger partial charge in [0.05, 0.1) is 54.3 Å². The summed E-state index contributed by atoms with van der Waals surface area (Å²) in [6.45, 7) is 3.67. The van der Waals surface area contributed by atoms with E-state index in [2.05, 4.69) is 50.5 Å². The number of nitrogens with one attached hydrogen (secondary N) is 2. The summed E-state index contributed by atoms with van der Waals surface area (Å²) in [7, 11) is 1.40. The molecule has 220 valence electrons. The van der Waals surface area contributed by atoms with Gasteiger partial charge in [0.25, 0.3) is 0 Å². The molecule has 8 nitrogen and oxygen atoms in total. The lowest BCUT2D eigenvalue weighted by atomic mass is 9.84. The molecule has 3 atom stereocenters. The van der Waals surface area contributed by atoms with Crippen molar-refractivity contribution >= 4 is 11.9 Å². The summed E-state index contributed by atoms with van der Waals surface area (Å²) < 4.78 is 5.16. The summed E-state index contributed by atoms with van der Waals surface area (Å²) in [5.41, 5.74) is 3.91. The predicted molar refractivity (Wildman–Crippen MR) is 164 cm³/mol. The lowest BCUT2D eigenvalue weighted by Gasteiger charge is -2.39. The highest BCUT2D eigenvalue weighted by atomic mass is 16.5. The first-order valence-electron chi connectivity index (χ1n) is 14.6. The third kappa shape index (κ3) is 7.19. The summed E-state index contributed by atoms with van der Waals surface area (Å²) in [6, 6.07) is 30.2. The molecule has 3 aromatic carbocycles. The smallest absolute Gasteiger partial charge is 0.309 e. The molecular weight excluding hydrogens is 538 g/mol. The molecule has 0 spiro atoms. The number of likely N-dealkylation sites (tertiary alicyclic amines) is 1. The zero-order chi connectivity index (χ0) is 30.2. The van der Waals surface area contributed by atoms with E-state index in [1.807, 2.05) is 55.5 Å². The molecule has 1 fully saturated rings. The standard InChI is InChI=1S/C35H37N5O3/c1-35(32-20-37-24-38-32,18-25-13-15-26(19-36)16-14-25)39-33(41)29-17-30(34(42)43-2)22-40(21-29)23-31(27-9-5-3-6-10-27)28-11-7-4-8-12-28/h3-16,20,24,29-31H,17-18,21-23H2,1-2H3,(H,37,38)(H,39,41). The number of nitriles is 1. The molecule has 0 aliphatic carbocycles. The minimum atomic E-state index is -0.790. The summed E-state index contributed by atoms with van der Waals surface area (Å²) in [5.74, 6) is -1.19. The van der Waals surface area contributed by atoms with Crippen molar-refractivity contribution < 1.29 is 14.3 Å². The normalized spacial score (nSPS) is 18.4. The molecule has 1 saturated heterocycles. The molecule has 1 amide bonds. The fourth-order valence-corrected chi connectivity index (χ4v) is 6.14.